The van der Waals surface area contributed by atoms with Gasteiger partial charge in [-0.2, -0.15) is 0 Å². The van der Waals surface area contributed by atoms with E-state index >= 15 is 0 Å². The van der Waals surface area contributed by atoms with E-state index in [0.29, 0.717) is 11.6 Å². The lowest BCUT2D eigenvalue weighted by Gasteiger charge is -2.29. The van der Waals surface area contributed by atoms with E-state index in [1.54, 1.807) is 6.07 Å². The Morgan fingerprint density at radius 2 is 2.17 bits per heavy atom. The molecule has 1 aliphatic rings. The predicted octanol–water partition coefficient (Wildman–Crippen LogP) is 2.48. The smallest absolute Gasteiger partial charge is 0.321 e. The number of nitrogens with one attached hydrogen (secondary N) is 2. The van der Waals surface area contributed by atoms with Crippen LogP contribution in [0.25, 0.3) is 0 Å². The second kappa shape index (κ2) is 7.67. The molecule has 24 heavy (non-hydrogen) atoms. The summed E-state index contributed by atoms with van der Waals surface area (Å²) in [6, 6.07) is 6.33. The lowest BCUT2D eigenvalue weighted by atomic mass is 10.1. The molecule has 0 spiro atoms. The third-order valence-corrected chi connectivity index (χ3v) is 4.82. The average Bonchev–Trinajstić information content (AvgIpc) is 2.96. The van der Waals surface area contributed by atoms with Gasteiger partial charge in [-0.25, -0.2) is 9.18 Å². The van der Waals surface area contributed by atoms with Gasteiger partial charge < -0.3 is 10.2 Å². The molecule has 1 saturated heterocycles. The lowest BCUT2D eigenvalue weighted by molar-refractivity contribution is 0.221. The summed E-state index contributed by atoms with van der Waals surface area (Å²) in [5.74, 6) is -0.270. The van der Waals surface area contributed by atoms with E-state index in [4.69, 9.17) is 0 Å². The molecule has 1 aromatic carbocycles. The second-order valence-corrected chi connectivity index (χ2v) is 7.05. The van der Waals surface area contributed by atoms with Crippen LogP contribution in [0.3, 0.4) is 0 Å². The third kappa shape index (κ3) is 4.72. The number of urea groups is 1. The van der Waals surface area contributed by atoms with E-state index in [-0.39, 0.29) is 17.9 Å². The first kappa shape index (κ1) is 16.8. The molecule has 1 aromatic heterocycles. The Balaban J connectivity index is 1.51. The van der Waals surface area contributed by atoms with Crippen molar-refractivity contribution in [2.24, 2.45) is 0 Å². The van der Waals surface area contributed by atoms with Crippen molar-refractivity contribution in [3.8, 4) is 0 Å². The number of hydrogen-bond donors (Lipinski definition) is 2. The summed E-state index contributed by atoms with van der Waals surface area (Å²) in [5.41, 5.74) is 0.827. The summed E-state index contributed by atoms with van der Waals surface area (Å²) in [7, 11) is 2.08. The van der Waals surface area contributed by atoms with E-state index in [9.17, 15) is 9.18 Å². The summed E-state index contributed by atoms with van der Waals surface area (Å²) in [6.45, 7) is 1.98. The molecule has 6 nitrogen and oxygen atoms in total. The Kier molecular flexibility index (Phi) is 5.37. The summed E-state index contributed by atoms with van der Waals surface area (Å²) in [6.07, 6.45) is 2.39. The number of halogens is 1. The SMILES string of the molecule is CN1CCC(NC(=O)Nc2nnc(Cc3cccc(F)c3)s2)CC1. The maximum absolute atomic E-state index is 13.2. The second-order valence-electron chi connectivity index (χ2n) is 5.98. The molecule has 0 saturated carbocycles. The number of nitrogens with zero attached hydrogens (tertiary/aromatic N) is 3. The monoisotopic (exact) mass is 349 g/mol. The number of anilines is 1. The molecule has 0 unspecified atom stereocenters. The van der Waals surface area contributed by atoms with Crippen LogP contribution in [0.4, 0.5) is 14.3 Å². The molecule has 0 aliphatic carbocycles. The van der Waals surface area contributed by atoms with Gasteiger partial charge >= 0.3 is 6.03 Å². The molecular weight excluding hydrogens is 329 g/mol. The zero-order chi connectivity index (χ0) is 16.9. The largest absolute Gasteiger partial charge is 0.335 e. The van der Waals surface area contributed by atoms with Crippen LogP contribution in [0.15, 0.2) is 24.3 Å². The average molecular weight is 349 g/mol. The van der Waals surface area contributed by atoms with E-state index in [2.05, 4.69) is 32.8 Å². The Morgan fingerprint density at radius 3 is 2.92 bits per heavy atom. The number of benzene rings is 1. The number of aromatic nitrogens is 2. The zero-order valence-corrected chi connectivity index (χ0v) is 14.3. The third-order valence-electron chi connectivity index (χ3n) is 3.99. The fourth-order valence-corrected chi connectivity index (χ4v) is 3.44. The van der Waals surface area contributed by atoms with Crippen molar-refractivity contribution >= 4 is 22.5 Å². The van der Waals surface area contributed by atoms with Gasteiger partial charge in [-0.15, -0.1) is 10.2 Å². The zero-order valence-electron chi connectivity index (χ0n) is 13.5. The van der Waals surface area contributed by atoms with Crippen molar-refractivity contribution in [3.05, 3.63) is 40.7 Å². The van der Waals surface area contributed by atoms with E-state index in [1.807, 2.05) is 6.07 Å². The van der Waals surface area contributed by atoms with Crippen molar-refractivity contribution in [1.29, 1.82) is 0 Å². The van der Waals surface area contributed by atoms with Gasteiger partial charge in [0.25, 0.3) is 0 Å². The standard InChI is InChI=1S/C16H20FN5OS/c1-22-7-5-13(6-8-22)18-15(23)19-16-21-20-14(24-16)10-11-3-2-4-12(17)9-11/h2-4,9,13H,5-8,10H2,1H3,(H2,18,19,21,23). The number of rotatable bonds is 4. The minimum absolute atomic E-state index is 0.195. The maximum atomic E-state index is 13.2. The Labute approximate surface area is 144 Å². The molecular formula is C16H20FN5OS. The minimum Gasteiger partial charge on any atom is -0.335 e. The molecule has 2 N–H and O–H groups in total. The Hall–Kier alpha value is -2.06. The fourth-order valence-electron chi connectivity index (χ4n) is 2.67. The number of carbonyl (C=O) groups is 1. The van der Waals surface area contributed by atoms with E-state index in [1.165, 1.54) is 23.5 Å². The Bertz CT molecular complexity index is 699. The number of amides is 2. The molecule has 3 rings (SSSR count). The van der Waals surface area contributed by atoms with Gasteiger partial charge in [0.1, 0.15) is 10.8 Å². The highest BCUT2D eigenvalue weighted by Gasteiger charge is 2.19. The Morgan fingerprint density at radius 1 is 1.38 bits per heavy atom. The highest BCUT2D eigenvalue weighted by atomic mass is 32.1. The minimum atomic E-state index is -0.270. The summed E-state index contributed by atoms with van der Waals surface area (Å²) < 4.78 is 13.2. The summed E-state index contributed by atoms with van der Waals surface area (Å²) >= 11 is 1.30. The number of likely N-dealkylation sites (tertiary alicyclic amines) is 1. The van der Waals surface area contributed by atoms with Crippen LogP contribution in [0.1, 0.15) is 23.4 Å². The van der Waals surface area contributed by atoms with Gasteiger partial charge in [0.2, 0.25) is 5.13 Å². The molecule has 2 heterocycles. The fraction of sp³-hybridized carbons (Fsp3) is 0.438. The van der Waals surface area contributed by atoms with Crippen molar-refractivity contribution in [3.63, 3.8) is 0 Å². The first-order valence-electron chi connectivity index (χ1n) is 7.91. The van der Waals surface area contributed by atoms with Gasteiger partial charge in [0.15, 0.2) is 0 Å². The molecule has 0 radical (unpaired) electrons. The number of hydrogen-bond acceptors (Lipinski definition) is 5. The number of piperidine rings is 1. The molecule has 8 heteroatoms. The first-order chi connectivity index (χ1) is 11.6. The van der Waals surface area contributed by atoms with Crippen LogP contribution in [-0.2, 0) is 6.42 Å². The first-order valence-corrected chi connectivity index (χ1v) is 8.73. The molecule has 2 aromatic rings. The van der Waals surface area contributed by atoms with E-state index in [0.717, 1.165) is 36.5 Å². The van der Waals surface area contributed by atoms with Gasteiger partial charge in [-0.1, -0.05) is 23.5 Å². The molecule has 1 fully saturated rings. The van der Waals surface area contributed by atoms with Crippen LogP contribution in [0, 0.1) is 5.82 Å². The van der Waals surface area contributed by atoms with Crippen LogP contribution in [-0.4, -0.2) is 47.3 Å². The van der Waals surface area contributed by atoms with Crippen LogP contribution in [0.2, 0.25) is 0 Å². The quantitative estimate of drug-likeness (QED) is 0.890. The molecule has 2 amide bonds. The van der Waals surface area contributed by atoms with E-state index < -0.39 is 0 Å². The van der Waals surface area contributed by atoms with Crippen LogP contribution < -0.4 is 10.6 Å². The normalized spacial score (nSPS) is 16.1. The summed E-state index contributed by atoms with van der Waals surface area (Å²) in [4.78, 5) is 14.3. The maximum Gasteiger partial charge on any atom is 0.321 e. The molecule has 0 atom stereocenters. The predicted molar refractivity (Wildman–Crippen MR) is 91.8 cm³/mol. The molecule has 128 valence electrons. The molecule has 0 bridgehead atoms. The van der Waals surface area contributed by atoms with Crippen molar-refractivity contribution < 1.29 is 9.18 Å². The topological polar surface area (TPSA) is 70.2 Å². The lowest BCUT2D eigenvalue weighted by Crippen LogP contribution is -2.44. The van der Waals surface area contributed by atoms with Crippen molar-refractivity contribution in [2.45, 2.75) is 25.3 Å². The van der Waals surface area contributed by atoms with Crippen LogP contribution in [0.5, 0.6) is 0 Å². The summed E-state index contributed by atoms with van der Waals surface area (Å²) in [5, 5.41) is 14.9. The highest BCUT2D eigenvalue weighted by molar-refractivity contribution is 7.15. The number of carbonyl (C=O) groups excluding carboxylic acids is 1. The highest BCUT2D eigenvalue weighted by Crippen LogP contribution is 2.19. The van der Waals surface area contributed by atoms with Crippen molar-refractivity contribution in [2.75, 3.05) is 25.5 Å². The van der Waals surface area contributed by atoms with Crippen molar-refractivity contribution in [1.82, 2.24) is 20.4 Å². The van der Waals surface area contributed by atoms with Gasteiger partial charge in [-0.05, 0) is 50.7 Å². The van der Waals surface area contributed by atoms with Gasteiger partial charge in [-0.3, -0.25) is 5.32 Å². The van der Waals surface area contributed by atoms with Gasteiger partial charge in [0.05, 0.1) is 0 Å². The molecule has 1 aliphatic heterocycles. The van der Waals surface area contributed by atoms with Gasteiger partial charge in [0, 0.05) is 12.5 Å². The van der Waals surface area contributed by atoms with Crippen LogP contribution >= 0.6 is 11.3 Å².